The number of amides is 1. The van der Waals surface area contributed by atoms with Gasteiger partial charge in [-0.1, -0.05) is 30.3 Å². The lowest BCUT2D eigenvalue weighted by Crippen LogP contribution is -2.42. The molecule has 3 rings (SSSR count). The zero-order valence-electron chi connectivity index (χ0n) is 15.6. The first kappa shape index (κ1) is 19.1. The summed E-state index contributed by atoms with van der Waals surface area (Å²) in [5, 5.41) is 0. The molecule has 2 aromatic rings. The molecule has 0 N–H and O–H groups in total. The molecule has 1 aliphatic heterocycles. The van der Waals surface area contributed by atoms with Crippen LogP contribution in [0.2, 0.25) is 0 Å². The van der Waals surface area contributed by atoms with Gasteiger partial charge in [-0.3, -0.25) is 9.59 Å². The molecule has 0 bridgehead atoms. The Morgan fingerprint density at radius 3 is 2.30 bits per heavy atom. The molecule has 0 saturated carbocycles. The van der Waals surface area contributed by atoms with E-state index in [0.29, 0.717) is 31.0 Å². The van der Waals surface area contributed by atoms with Gasteiger partial charge in [0.15, 0.2) is 12.4 Å². The summed E-state index contributed by atoms with van der Waals surface area (Å²) in [6, 6.07) is 17.0. The van der Waals surface area contributed by atoms with Crippen molar-refractivity contribution in [3.8, 4) is 5.75 Å². The molecule has 5 heteroatoms. The van der Waals surface area contributed by atoms with Gasteiger partial charge in [0.2, 0.25) is 0 Å². The lowest BCUT2D eigenvalue weighted by Gasteiger charge is -2.32. The van der Waals surface area contributed by atoms with Gasteiger partial charge in [-0.15, -0.1) is 0 Å². The third-order valence-corrected chi connectivity index (χ3v) is 4.75. The number of carbonyl (C=O) groups excluding carboxylic acids is 2. The molecular weight excluding hydrogens is 342 g/mol. The van der Waals surface area contributed by atoms with Crippen molar-refractivity contribution < 1.29 is 19.1 Å². The van der Waals surface area contributed by atoms with Crippen LogP contribution in [-0.4, -0.2) is 42.4 Å². The van der Waals surface area contributed by atoms with E-state index in [1.807, 2.05) is 23.1 Å². The minimum atomic E-state index is -0.0212. The van der Waals surface area contributed by atoms with Crippen LogP contribution < -0.4 is 4.74 Å². The Bertz CT molecular complexity index is 750. The fourth-order valence-corrected chi connectivity index (χ4v) is 3.08. The van der Waals surface area contributed by atoms with Crippen LogP contribution in [0.3, 0.4) is 0 Å². The highest BCUT2D eigenvalue weighted by Crippen LogP contribution is 2.17. The number of rotatable bonds is 7. The number of carbonyl (C=O) groups is 2. The summed E-state index contributed by atoms with van der Waals surface area (Å²) < 4.78 is 11.5. The predicted octanol–water partition coefficient (Wildman–Crippen LogP) is 3.48. The maximum atomic E-state index is 12.3. The van der Waals surface area contributed by atoms with Gasteiger partial charge in [-0.25, -0.2) is 0 Å². The minimum absolute atomic E-state index is 0.00889. The molecule has 1 aliphatic rings. The number of ketones is 1. The first-order valence-electron chi connectivity index (χ1n) is 9.29. The van der Waals surface area contributed by atoms with E-state index in [-0.39, 0.29) is 24.4 Å². The molecule has 1 fully saturated rings. The number of benzene rings is 2. The third kappa shape index (κ3) is 5.66. The largest absolute Gasteiger partial charge is 0.484 e. The molecular formula is C22H25NO4. The van der Waals surface area contributed by atoms with Crippen LogP contribution in [0, 0.1) is 0 Å². The molecule has 0 aromatic heterocycles. The molecule has 1 heterocycles. The molecule has 2 aromatic carbocycles. The van der Waals surface area contributed by atoms with Crippen molar-refractivity contribution in [2.24, 2.45) is 0 Å². The van der Waals surface area contributed by atoms with Crippen molar-refractivity contribution in [1.29, 1.82) is 0 Å². The molecule has 0 aliphatic carbocycles. The summed E-state index contributed by atoms with van der Waals surface area (Å²) in [6.45, 7) is 3.51. The number of ether oxygens (including phenoxy) is 2. The summed E-state index contributed by atoms with van der Waals surface area (Å²) in [7, 11) is 0. The van der Waals surface area contributed by atoms with Crippen LogP contribution in [0.15, 0.2) is 54.6 Å². The fourth-order valence-electron chi connectivity index (χ4n) is 3.08. The van der Waals surface area contributed by atoms with Crippen molar-refractivity contribution in [3.63, 3.8) is 0 Å². The third-order valence-electron chi connectivity index (χ3n) is 4.75. The Morgan fingerprint density at radius 2 is 1.67 bits per heavy atom. The minimum Gasteiger partial charge on any atom is -0.484 e. The standard InChI is InChI=1S/C22H25NO4/c1-17(24)19-7-9-20(10-8-19)27-16-22(25)23-13-11-21(12-14-23)26-15-18-5-3-2-4-6-18/h2-10,21H,11-16H2,1H3. The average Bonchev–Trinajstić information content (AvgIpc) is 2.72. The molecule has 0 spiro atoms. The number of likely N-dealkylation sites (tertiary alicyclic amines) is 1. The van der Waals surface area contributed by atoms with Crippen LogP contribution in [0.4, 0.5) is 0 Å². The van der Waals surface area contributed by atoms with Crippen molar-refractivity contribution in [2.75, 3.05) is 19.7 Å². The SMILES string of the molecule is CC(=O)c1ccc(OCC(=O)N2CCC(OCc3ccccc3)CC2)cc1. The van der Waals surface area contributed by atoms with Gasteiger partial charge >= 0.3 is 0 Å². The molecule has 0 radical (unpaired) electrons. The van der Waals surface area contributed by atoms with Crippen LogP contribution in [0.5, 0.6) is 5.75 Å². The Kier molecular flexibility index (Phi) is 6.60. The van der Waals surface area contributed by atoms with Gasteiger partial charge in [0, 0.05) is 18.7 Å². The Labute approximate surface area is 159 Å². The number of piperidine rings is 1. The highest BCUT2D eigenvalue weighted by molar-refractivity contribution is 5.94. The number of hydrogen-bond donors (Lipinski definition) is 0. The van der Waals surface area contributed by atoms with Crippen molar-refractivity contribution >= 4 is 11.7 Å². The zero-order chi connectivity index (χ0) is 19.1. The lowest BCUT2D eigenvalue weighted by molar-refractivity contribution is -0.136. The van der Waals surface area contributed by atoms with Gasteiger partial charge in [0.25, 0.3) is 5.91 Å². The molecule has 1 amide bonds. The maximum Gasteiger partial charge on any atom is 0.260 e. The quantitative estimate of drug-likeness (QED) is 0.703. The van der Waals surface area contributed by atoms with E-state index in [1.165, 1.54) is 12.5 Å². The lowest BCUT2D eigenvalue weighted by atomic mass is 10.1. The van der Waals surface area contributed by atoms with E-state index in [1.54, 1.807) is 24.3 Å². The summed E-state index contributed by atoms with van der Waals surface area (Å²) in [5.74, 6) is 0.580. The van der Waals surface area contributed by atoms with E-state index in [2.05, 4.69) is 12.1 Å². The molecule has 1 saturated heterocycles. The van der Waals surface area contributed by atoms with Gasteiger partial charge in [0.1, 0.15) is 5.75 Å². The van der Waals surface area contributed by atoms with Crippen LogP contribution in [0.25, 0.3) is 0 Å². The Hall–Kier alpha value is -2.66. The highest BCUT2D eigenvalue weighted by atomic mass is 16.5. The first-order valence-corrected chi connectivity index (χ1v) is 9.29. The van der Waals surface area contributed by atoms with Gasteiger partial charge < -0.3 is 14.4 Å². The Morgan fingerprint density at radius 1 is 1.00 bits per heavy atom. The van der Waals surface area contributed by atoms with Crippen molar-refractivity contribution in [1.82, 2.24) is 4.90 Å². The molecule has 5 nitrogen and oxygen atoms in total. The van der Waals surface area contributed by atoms with E-state index >= 15 is 0 Å². The second kappa shape index (κ2) is 9.33. The summed E-state index contributed by atoms with van der Waals surface area (Å²) >= 11 is 0. The normalized spacial score (nSPS) is 14.8. The smallest absolute Gasteiger partial charge is 0.260 e. The average molecular weight is 367 g/mol. The van der Waals surface area contributed by atoms with Crippen LogP contribution in [0.1, 0.15) is 35.7 Å². The number of hydrogen-bond acceptors (Lipinski definition) is 4. The van der Waals surface area contributed by atoms with E-state index in [0.717, 1.165) is 12.8 Å². The summed E-state index contributed by atoms with van der Waals surface area (Å²) in [6.07, 6.45) is 1.87. The van der Waals surface area contributed by atoms with Gasteiger partial charge in [0.05, 0.1) is 12.7 Å². The zero-order valence-corrected chi connectivity index (χ0v) is 15.6. The molecule has 27 heavy (non-hydrogen) atoms. The summed E-state index contributed by atoms with van der Waals surface area (Å²) in [5.41, 5.74) is 1.80. The number of Topliss-reactive ketones (excluding diaryl/α,β-unsaturated/α-hetero) is 1. The first-order chi connectivity index (χ1) is 13.1. The van der Waals surface area contributed by atoms with Crippen LogP contribution in [-0.2, 0) is 16.1 Å². The molecule has 142 valence electrons. The topological polar surface area (TPSA) is 55.8 Å². The van der Waals surface area contributed by atoms with E-state index in [9.17, 15) is 9.59 Å². The summed E-state index contributed by atoms with van der Waals surface area (Å²) in [4.78, 5) is 25.4. The van der Waals surface area contributed by atoms with Crippen molar-refractivity contribution in [3.05, 3.63) is 65.7 Å². The fraction of sp³-hybridized carbons (Fsp3) is 0.364. The maximum absolute atomic E-state index is 12.3. The van der Waals surface area contributed by atoms with E-state index < -0.39 is 0 Å². The second-order valence-electron chi connectivity index (χ2n) is 6.75. The monoisotopic (exact) mass is 367 g/mol. The molecule has 0 atom stereocenters. The highest BCUT2D eigenvalue weighted by Gasteiger charge is 2.23. The second-order valence-corrected chi connectivity index (χ2v) is 6.75. The van der Waals surface area contributed by atoms with E-state index in [4.69, 9.17) is 9.47 Å². The van der Waals surface area contributed by atoms with Crippen molar-refractivity contribution in [2.45, 2.75) is 32.5 Å². The van der Waals surface area contributed by atoms with Gasteiger partial charge in [-0.05, 0) is 49.6 Å². The van der Waals surface area contributed by atoms with Gasteiger partial charge in [-0.2, -0.15) is 0 Å². The molecule has 0 unspecified atom stereocenters. The van der Waals surface area contributed by atoms with Crippen LogP contribution >= 0.6 is 0 Å². The predicted molar refractivity (Wildman–Crippen MR) is 103 cm³/mol. The Balaban J connectivity index is 1.38. The number of nitrogens with zero attached hydrogens (tertiary/aromatic N) is 1.